The number of carbonyl (C=O) groups is 1. The maximum absolute atomic E-state index is 12.0. The van der Waals surface area contributed by atoms with Crippen molar-refractivity contribution in [3.63, 3.8) is 0 Å². The molecule has 2 heterocycles. The molecule has 0 radical (unpaired) electrons. The summed E-state index contributed by atoms with van der Waals surface area (Å²) < 4.78 is 5.58. The Morgan fingerprint density at radius 3 is 2.93 bits per heavy atom. The molecular weight excluding hydrogens is 356 g/mol. The number of aromatic amines is 1. The normalized spacial score (nSPS) is 22.3. The second kappa shape index (κ2) is 7.15. The van der Waals surface area contributed by atoms with Crippen molar-refractivity contribution in [1.82, 2.24) is 20.5 Å². The van der Waals surface area contributed by atoms with Gasteiger partial charge in [0, 0.05) is 29.4 Å². The van der Waals surface area contributed by atoms with E-state index < -0.39 is 0 Å². The van der Waals surface area contributed by atoms with Crippen LogP contribution in [0.4, 0.5) is 16.4 Å². The van der Waals surface area contributed by atoms with Crippen molar-refractivity contribution in [1.29, 1.82) is 5.26 Å². The van der Waals surface area contributed by atoms with Gasteiger partial charge >= 0.3 is 6.09 Å². The molecule has 4 rings (SSSR count). The van der Waals surface area contributed by atoms with Crippen LogP contribution in [0.15, 0.2) is 18.3 Å². The number of carbonyl (C=O) groups excluding carboxylic acids is 1. The van der Waals surface area contributed by atoms with E-state index in [1.165, 1.54) is 6.20 Å². The van der Waals surface area contributed by atoms with Crippen LogP contribution >= 0.6 is 0 Å². The smallest absolute Gasteiger partial charge is 0.407 e. The molecule has 0 unspecified atom stereocenters. The molecule has 0 saturated heterocycles. The maximum atomic E-state index is 12.0. The number of aromatic nitrogens is 3. The number of amides is 1. The Hall–Kier alpha value is -3.08. The van der Waals surface area contributed by atoms with Crippen molar-refractivity contribution < 1.29 is 9.53 Å². The molecule has 2 aliphatic carbocycles. The van der Waals surface area contributed by atoms with Crippen molar-refractivity contribution in [3.8, 4) is 6.07 Å². The fourth-order valence-corrected chi connectivity index (χ4v) is 3.57. The van der Waals surface area contributed by atoms with Gasteiger partial charge < -0.3 is 15.4 Å². The largest absolute Gasteiger partial charge is 0.446 e. The van der Waals surface area contributed by atoms with Crippen molar-refractivity contribution in [3.05, 3.63) is 35.2 Å². The topological polar surface area (TPSA) is 116 Å². The summed E-state index contributed by atoms with van der Waals surface area (Å²) in [7, 11) is 0. The number of alkyl carbamates (subject to hydrolysis) is 1. The monoisotopic (exact) mass is 380 g/mol. The summed E-state index contributed by atoms with van der Waals surface area (Å²) in [5.41, 5.74) is 2.38. The van der Waals surface area contributed by atoms with Gasteiger partial charge in [-0.2, -0.15) is 10.4 Å². The highest BCUT2D eigenvalue weighted by Crippen LogP contribution is 2.37. The second-order valence-corrected chi connectivity index (χ2v) is 8.06. The molecule has 2 aromatic heterocycles. The van der Waals surface area contributed by atoms with Crippen LogP contribution in [0.3, 0.4) is 0 Å². The Morgan fingerprint density at radius 1 is 1.39 bits per heavy atom. The Labute approximate surface area is 163 Å². The number of nitrogens with one attached hydrogen (secondary N) is 3. The van der Waals surface area contributed by atoms with Gasteiger partial charge in [-0.1, -0.05) is 0 Å². The molecule has 0 bridgehead atoms. The standard InChI is InChI=1S/C20H24N6O2/c1-12-7-13(10-21)11-22-18(12)23-17-9-16(25-26-17)14-3-4-15(8-14)28-19(27)24-20(2)5-6-20/h7,9,11,14-15H,3-6,8H2,1-2H3,(H,24,27)(H2,22,23,25,26)/t14-,15+/m0/s1. The zero-order chi connectivity index (χ0) is 19.7. The van der Waals surface area contributed by atoms with Crippen LogP contribution in [0, 0.1) is 18.3 Å². The zero-order valence-corrected chi connectivity index (χ0v) is 16.1. The molecule has 0 aliphatic heterocycles. The molecule has 2 atom stereocenters. The third-order valence-electron chi connectivity index (χ3n) is 5.55. The fourth-order valence-electron chi connectivity index (χ4n) is 3.57. The van der Waals surface area contributed by atoms with Gasteiger partial charge in [-0.05, 0) is 57.6 Å². The number of pyridine rings is 1. The second-order valence-electron chi connectivity index (χ2n) is 8.06. The number of hydrogen-bond donors (Lipinski definition) is 3. The third-order valence-corrected chi connectivity index (χ3v) is 5.55. The van der Waals surface area contributed by atoms with E-state index in [-0.39, 0.29) is 23.7 Å². The van der Waals surface area contributed by atoms with Crippen LogP contribution in [0.1, 0.15) is 61.8 Å². The molecule has 8 nitrogen and oxygen atoms in total. The Balaban J connectivity index is 1.33. The minimum Gasteiger partial charge on any atom is -0.446 e. The van der Waals surface area contributed by atoms with Gasteiger partial charge in [-0.25, -0.2) is 9.78 Å². The minimum absolute atomic E-state index is 0.0589. The van der Waals surface area contributed by atoms with Gasteiger partial charge in [-0.15, -0.1) is 0 Å². The molecule has 1 amide bonds. The summed E-state index contributed by atoms with van der Waals surface area (Å²) >= 11 is 0. The van der Waals surface area contributed by atoms with Crippen LogP contribution < -0.4 is 10.6 Å². The van der Waals surface area contributed by atoms with E-state index in [4.69, 9.17) is 10.00 Å². The first-order valence-electron chi connectivity index (χ1n) is 9.62. The van der Waals surface area contributed by atoms with Gasteiger partial charge in [0.2, 0.25) is 0 Å². The Bertz CT molecular complexity index is 927. The van der Waals surface area contributed by atoms with Crippen LogP contribution in [0.25, 0.3) is 0 Å². The minimum atomic E-state index is -0.306. The Morgan fingerprint density at radius 2 is 2.21 bits per heavy atom. The lowest BCUT2D eigenvalue weighted by Gasteiger charge is -2.16. The van der Waals surface area contributed by atoms with Crippen molar-refractivity contribution in [2.45, 2.75) is 63.5 Å². The lowest BCUT2D eigenvalue weighted by Crippen LogP contribution is -2.36. The quantitative estimate of drug-likeness (QED) is 0.729. The average molecular weight is 380 g/mol. The van der Waals surface area contributed by atoms with Gasteiger partial charge in [0.1, 0.15) is 18.0 Å². The van der Waals surface area contributed by atoms with E-state index in [0.29, 0.717) is 17.2 Å². The maximum Gasteiger partial charge on any atom is 0.407 e. The average Bonchev–Trinajstić information content (AvgIpc) is 3.05. The first-order valence-corrected chi connectivity index (χ1v) is 9.62. The molecule has 2 aliphatic rings. The molecule has 2 aromatic rings. The Kier molecular flexibility index (Phi) is 4.67. The van der Waals surface area contributed by atoms with Crippen molar-refractivity contribution in [2.24, 2.45) is 0 Å². The third kappa shape index (κ3) is 4.09. The molecule has 146 valence electrons. The van der Waals surface area contributed by atoms with Crippen LogP contribution in [-0.4, -0.2) is 32.9 Å². The van der Waals surface area contributed by atoms with E-state index in [1.54, 1.807) is 6.07 Å². The lowest BCUT2D eigenvalue weighted by atomic mass is 10.0. The molecule has 28 heavy (non-hydrogen) atoms. The fraction of sp³-hybridized carbons (Fsp3) is 0.500. The summed E-state index contributed by atoms with van der Waals surface area (Å²) in [6.07, 6.45) is 5.81. The van der Waals surface area contributed by atoms with E-state index in [0.717, 1.165) is 43.4 Å². The summed E-state index contributed by atoms with van der Waals surface area (Å²) in [5.74, 6) is 1.64. The highest BCUT2D eigenvalue weighted by molar-refractivity contribution is 5.69. The molecule has 0 spiro atoms. The first kappa shape index (κ1) is 18.3. The van der Waals surface area contributed by atoms with Gasteiger partial charge in [0.25, 0.3) is 0 Å². The zero-order valence-electron chi connectivity index (χ0n) is 16.1. The van der Waals surface area contributed by atoms with Crippen molar-refractivity contribution in [2.75, 3.05) is 5.32 Å². The lowest BCUT2D eigenvalue weighted by molar-refractivity contribution is 0.0967. The summed E-state index contributed by atoms with van der Waals surface area (Å²) in [6.45, 7) is 3.94. The molecule has 0 aromatic carbocycles. The number of hydrogen-bond acceptors (Lipinski definition) is 6. The van der Waals surface area contributed by atoms with Crippen LogP contribution in [0.2, 0.25) is 0 Å². The summed E-state index contributed by atoms with van der Waals surface area (Å²) in [6, 6.07) is 5.84. The number of rotatable bonds is 5. The molecular formula is C20H24N6O2. The van der Waals surface area contributed by atoms with Crippen molar-refractivity contribution >= 4 is 17.7 Å². The molecule has 2 saturated carbocycles. The molecule has 2 fully saturated rings. The van der Waals surface area contributed by atoms with Crippen LogP contribution in [-0.2, 0) is 4.74 Å². The summed E-state index contributed by atoms with van der Waals surface area (Å²) in [5, 5.41) is 22.5. The SMILES string of the molecule is Cc1cc(C#N)cnc1Nc1cc([C@H]2CC[C@@H](OC(=O)NC3(C)CC3)C2)[nH]n1. The first-order chi connectivity index (χ1) is 13.4. The number of ether oxygens (including phenoxy) is 1. The number of aryl methyl sites for hydroxylation is 1. The molecule has 3 N–H and O–H groups in total. The van der Waals surface area contributed by atoms with E-state index >= 15 is 0 Å². The number of H-pyrrole nitrogens is 1. The molecule has 8 heteroatoms. The number of nitrogens with zero attached hydrogens (tertiary/aromatic N) is 3. The van der Waals surface area contributed by atoms with Gasteiger partial charge in [0.05, 0.1) is 5.56 Å². The van der Waals surface area contributed by atoms with E-state index in [2.05, 4.69) is 31.9 Å². The van der Waals surface area contributed by atoms with E-state index in [1.807, 2.05) is 19.9 Å². The summed E-state index contributed by atoms with van der Waals surface area (Å²) in [4.78, 5) is 16.3. The van der Waals surface area contributed by atoms with E-state index in [9.17, 15) is 4.79 Å². The van der Waals surface area contributed by atoms with Crippen LogP contribution in [0.5, 0.6) is 0 Å². The highest BCUT2D eigenvalue weighted by atomic mass is 16.6. The highest BCUT2D eigenvalue weighted by Gasteiger charge is 2.40. The van der Waals surface area contributed by atoms with Gasteiger partial charge in [0.15, 0.2) is 5.82 Å². The number of anilines is 2. The predicted octanol–water partition coefficient (Wildman–Crippen LogP) is 3.64. The number of nitriles is 1. The van der Waals surface area contributed by atoms with Gasteiger partial charge in [-0.3, -0.25) is 5.10 Å². The predicted molar refractivity (Wildman–Crippen MR) is 103 cm³/mol.